The summed E-state index contributed by atoms with van der Waals surface area (Å²) in [5, 5.41) is 2.54. The second-order valence-electron chi connectivity index (χ2n) is 6.54. The third-order valence-electron chi connectivity index (χ3n) is 4.59. The molecule has 0 atom stereocenters. The van der Waals surface area contributed by atoms with E-state index in [4.69, 9.17) is 11.6 Å². The average Bonchev–Trinajstić information content (AvgIpc) is 2.68. The van der Waals surface area contributed by atoms with Crippen molar-refractivity contribution in [2.45, 2.75) is 30.0 Å². The first-order valence-electron chi connectivity index (χ1n) is 8.67. The summed E-state index contributed by atoms with van der Waals surface area (Å²) in [6.45, 7) is 0.0970. The zero-order chi connectivity index (χ0) is 21.2. The molecule has 156 valence electrons. The summed E-state index contributed by atoms with van der Waals surface area (Å²) < 4.78 is 65.6. The molecule has 0 radical (unpaired) electrons. The summed E-state index contributed by atoms with van der Waals surface area (Å²) in [6.07, 6.45) is -1.08. The van der Waals surface area contributed by atoms with Crippen molar-refractivity contribution in [2.75, 3.05) is 13.1 Å². The van der Waals surface area contributed by atoms with E-state index in [9.17, 15) is 26.4 Å². The number of benzene rings is 1. The first kappa shape index (κ1) is 21.5. The average molecular weight is 448 g/mol. The molecule has 1 N–H and O–H groups in total. The minimum atomic E-state index is -4.68. The Morgan fingerprint density at radius 3 is 2.48 bits per heavy atom. The molecule has 1 saturated heterocycles. The van der Waals surface area contributed by atoms with Gasteiger partial charge in [0.1, 0.15) is 4.90 Å². The lowest BCUT2D eigenvalue weighted by atomic mass is 10.1. The summed E-state index contributed by atoms with van der Waals surface area (Å²) in [6, 6.07) is 5.19. The number of nitrogens with zero attached hydrogens (tertiary/aromatic N) is 2. The van der Waals surface area contributed by atoms with Crippen LogP contribution in [0.25, 0.3) is 0 Å². The Balaban J connectivity index is 1.69. The Kier molecular flexibility index (Phi) is 6.16. The van der Waals surface area contributed by atoms with Crippen molar-refractivity contribution >= 4 is 27.5 Å². The van der Waals surface area contributed by atoms with Gasteiger partial charge in [-0.05, 0) is 43.2 Å². The summed E-state index contributed by atoms with van der Waals surface area (Å²) in [7, 11) is -4.20. The molecule has 11 heteroatoms. The Labute approximate surface area is 170 Å². The van der Waals surface area contributed by atoms with Crippen molar-refractivity contribution in [3.8, 4) is 0 Å². The number of aromatic nitrogens is 1. The number of nitrogens with one attached hydrogen (secondary N) is 1. The van der Waals surface area contributed by atoms with Crippen LogP contribution < -0.4 is 5.32 Å². The van der Waals surface area contributed by atoms with Crippen LogP contribution in [-0.2, 0) is 16.2 Å². The molecule has 1 aromatic heterocycles. The van der Waals surface area contributed by atoms with Crippen LogP contribution >= 0.6 is 11.6 Å². The zero-order valence-electron chi connectivity index (χ0n) is 15.0. The predicted octanol–water partition coefficient (Wildman–Crippen LogP) is 3.34. The van der Waals surface area contributed by atoms with Crippen molar-refractivity contribution in [3.63, 3.8) is 0 Å². The van der Waals surface area contributed by atoms with Gasteiger partial charge in [0, 0.05) is 31.5 Å². The first-order valence-corrected chi connectivity index (χ1v) is 10.5. The van der Waals surface area contributed by atoms with Crippen LogP contribution in [-0.4, -0.2) is 42.7 Å². The zero-order valence-corrected chi connectivity index (χ0v) is 16.6. The minimum Gasteiger partial charge on any atom is -0.349 e. The van der Waals surface area contributed by atoms with E-state index < -0.39 is 26.7 Å². The largest absolute Gasteiger partial charge is 0.416 e. The highest BCUT2D eigenvalue weighted by molar-refractivity contribution is 7.89. The molecule has 1 amide bonds. The maximum atomic E-state index is 12.9. The van der Waals surface area contributed by atoms with E-state index in [2.05, 4.69) is 10.3 Å². The van der Waals surface area contributed by atoms with E-state index in [-0.39, 0.29) is 30.1 Å². The Morgan fingerprint density at radius 2 is 1.90 bits per heavy atom. The number of pyridine rings is 1. The minimum absolute atomic E-state index is 0.0485. The number of amides is 1. The fraction of sp³-hybridized carbons (Fsp3) is 0.333. The summed E-state index contributed by atoms with van der Waals surface area (Å²) in [5.41, 5.74) is -0.697. The van der Waals surface area contributed by atoms with Crippen LogP contribution in [0.3, 0.4) is 0 Å². The van der Waals surface area contributed by atoms with Gasteiger partial charge >= 0.3 is 6.18 Å². The lowest BCUT2D eigenvalue weighted by Crippen LogP contribution is -2.46. The number of carbonyl (C=O) groups is 1. The first-order chi connectivity index (χ1) is 13.6. The topological polar surface area (TPSA) is 79.4 Å². The van der Waals surface area contributed by atoms with E-state index in [1.54, 1.807) is 18.3 Å². The van der Waals surface area contributed by atoms with Gasteiger partial charge in [0.15, 0.2) is 0 Å². The van der Waals surface area contributed by atoms with Gasteiger partial charge in [0.2, 0.25) is 10.0 Å². The van der Waals surface area contributed by atoms with Gasteiger partial charge in [-0.25, -0.2) is 8.42 Å². The van der Waals surface area contributed by atoms with E-state index in [0.717, 1.165) is 16.4 Å². The number of carbonyl (C=O) groups excluding carboxylic acids is 1. The quantitative estimate of drug-likeness (QED) is 0.779. The van der Waals surface area contributed by atoms with Crippen molar-refractivity contribution in [2.24, 2.45) is 0 Å². The van der Waals surface area contributed by atoms with Crippen molar-refractivity contribution in [3.05, 3.63) is 58.9 Å². The van der Waals surface area contributed by atoms with Crippen molar-refractivity contribution in [1.29, 1.82) is 0 Å². The summed E-state index contributed by atoms with van der Waals surface area (Å²) in [4.78, 5) is 15.5. The second kappa shape index (κ2) is 8.29. The van der Waals surface area contributed by atoms with Crippen LogP contribution in [0.5, 0.6) is 0 Å². The van der Waals surface area contributed by atoms with Gasteiger partial charge in [-0.3, -0.25) is 9.78 Å². The van der Waals surface area contributed by atoms with Crippen LogP contribution in [0.1, 0.15) is 28.8 Å². The third kappa shape index (κ3) is 4.88. The molecular weight excluding hydrogens is 431 g/mol. The molecular formula is C18H17ClF3N3O3S. The highest BCUT2D eigenvalue weighted by Crippen LogP contribution is 2.34. The van der Waals surface area contributed by atoms with Crippen molar-refractivity contribution in [1.82, 2.24) is 14.6 Å². The number of piperidine rings is 1. The number of hydrogen-bond donors (Lipinski definition) is 1. The number of hydrogen-bond acceptors (Lipinski definition) is 4. The molecule has 1 fully saturated rings. The Bertz CT molecular complexity index is 992. The highest BCUT2D eigenvalue weighted by Gasteiger charge is 2.35. The SMILES string of the molecule is O=C(NC1CCN(S(=O)(=O)c2cc(C(F)(F)F)ccc2Cl)CC1)c1cccnc1. The summed E-state index contributed by atoms with van der Waals surface area (Å²) >= 11 is 5.88. The predicted molar refractivity (Wildman–Crippen MR) is 99.9 cm³/mol. The van der Waals surface area contributed by atoms with Gasteiger partial charge in [-0.15, -0.1) is 0 Å². The van der Waals surface area contributed by atoms with E-state index in [1.165, 1.54) is 6.20 Å². The van der Waals surface area contributed by atoms with Crippen molar-refractivity contribution < 1.29 is 26.4 Å². The fourth-order valence-electron chi connectivity index (χ4n) is 3.02. The molecule has 1 aliphatic rings. The smallest absolute Gasteiger partial charge is 0.349 e. The normalized spacial score (nSPS) is 16.6. The molecule has 0 spiro atoms. The van der Waals surface area contributed by atoms with Gasteiger partial charge in [0.25, 0.3) is 5.91 Å². The Hall–Kier alpha value is -2.17. The van der Waals surface area contributed by atoms with Crippen LogP contribution in [0.4, 0.5) is 13.2 Å². The molecule has 0 bridgehead atoms. The Morgan fingerprint density at radius 1 is 1.21 bits per heavy atom. The highest BCUT2D eigenvalue weighted by atomic mass is 35.5. The fourth-order valence-corrected chi connectivity index (χ4v) is 4.99. The lowest BCUT2D eigenvalue weighted by Gasteiger charge is -2.32. The maximum Gasteiger partial charge on any atom is 0.416 e. The second-order valence-corrected chi connectivity index (χ2v) is 8.85. The van der Waals surface area contributed by atoms with E-state index >= 15 is 0 Å². The number of alkyl halides is 3. The molecule has 0 unspecified atom stereocenters. The van der Waals surface area contributed by atoms with Gasteiger partial charge in [0.05, 0.1) is 16.1 Å². The van der Waals surface area contributed by atoms with Gasteiger partial charge < -0.3 is 5.32 Å². The third-order valence-corrected chi connectivity index (χ3v) is 6.97. The molecule has 0 aliphatic carbocycles. The van der Waals surface area contributed by atoms with E-state index in [1.807, 2.05) is 0 Å². The van der Waals surface area contributed by atoms with E-state index in [0.29, 0.717) is 24.5 Å². The molecule has 3 rings (SSSR count). The molecule has 2 heterocycles. The van der Waals surface area contributed by atoms with Crippen LogP contribution in [0.15, 0.2) is 47.6 Å². The molecule has 1 aromatic carbocycles. The molecule has 2 aromatic rings. The standard InChI is InChI=1S/C18H17ClF3N3O3S/c19-15-4-3-13(18(20,21)22)10-16(15)29(27,28)25-8-5-14(6-9-25)24-17(26)12-2-1-7-23-11-12/h1-4,7,10-11,14H,5-6,8-9H2,(H,24,26). The maximum absolute atomic E-state index is 12.9. The molecule has 29 heavy (non-hydrogen) atoms. The number of halogens is 4. The molecule has 6 nitrogen and oxygen atoms in total. The number of sulfonamides is 1. The van der Waals surface area contributed by atoms with Crippen LogP contribution in [0, 0.1) is 0 Å². The molecule has 1 aliphatic heterocycles. The van der Waals surface area contributed by atoms with Gasteiger partial charge in [-0.2, -0.15) is 17.5 Å². The van der Waals surface area contributed by atoms with Gasteiger partial charge in [-0.1, -0.05) is 11.6 Å². The molecule has 0 saturated carbocycles. The lowest BCUT2D eigenvalue weighted by molar-refractivity contribution is -0.137. The summed E-state index contributed by atoms with van der Waals surface area (Å²) in [5.74, 6) is -0.319. The monoisotopic (exact) mass is 447 g/mol. The number of rotatable bonds is 4. The van der Waals surface area contributed by atoms with Crippen LogP contribution in [0.2, 0.25) is 5.02 Å².